The van der Waals surface area contributed by atoms with Gasteiger partial charge in [0, 0.05) is 26.2 Å². The van der Waals surface area contributed by atoms with E-state index in [1.54, 1.807) is 27.3 Å². The van der Waals surface area contributed by atoms with E-state index >= 15 is 0 Å². The minimum atomic E-state index is -0.632. The number of aromatic nitrogens is 3. The lowest BCUT2D eigenvalue weighted by Gasteiger charge is -2.11. The SMILES string of the molecule is COc1cccc(CNC(=O)Cn2nc(-c3ccc(Cl)c(F)c3)nc2C(=O)N(C)C)c1. The third-order valence-electron chi connectivity index (χ3n) is 4.36. The molecule has 0 aliphatic rings. The maximum Gasteiger partial charge on any atom is 0.290 e. The zero-order valence-electron chi connectivity index (χ0n) is 17.2. The van der Waals surface area contributed by atoms with Crippen LogP contribution in [0.1, 0.15) is 16.2 Å². The fourth-order valence-electron chi connectivity index (χ4n) is 2.74. The van der Waals surface area contributed by atoms with Gasteiger partial charge in [0.25, 0.3) is 5.91 Å². The van der Waals surface area contributed by atoms with E-state index in [2.05, 4.69) is 15.4 Å². The second-order valence-corrected chi connectivity index (χ2v) is 7.28. The molecule has 0 unspecified atom stereocenters. The van der Waals surface area contributed by atoms with E-state index in [0.29, 0.717) is 11.3 Å². The molecular formula is C21H21ClFN5O3. The molecule has 1 aromatic heterocycles. The highest BCUT2D eigenvalue weighted by Crippen LogP contribution is 2.22. The first kappa shape index (κ1) is 22.2. The van der Waals surface area contributed by atoms with Crippen molar-refractivity contribution >= 4 is 23.4 Å². The minimum absolute atomic E-state index is 0.0353. The molecule has 0 saturated carbocycles. The maximum absolute atomic E-state index is 13.8. The third-order valence-corrected chi connectivity index (χ3v) is 4.67. The molecule has 0 bridgehead atoms. The fraction of sp³-hybridized carbons (Fsp3) is 0.238. The van der Waals surface area contributed by atoms with E-state index in [1.165, 1.54) is 27.8 Å². The number of nitrogens with zero attached hydrogens (tertiary/aromatic N) is 4. The number of halogens is 2. The van der Waals surface area contributed by atoms with E-state index in [9.17, 15) is 14.0 Å². The highest BCUT2D eigenvalue weighted by atomic mass is 35.5. The summed E-state index contributed by atoms with van der Waals surface area (Å²) in [6, 6.07) is 11.4. The Labute approximate surface area is 183 Å². The van der Waals surface area contributed by atoms with Crippen LogP contribution >= 0.6 is 11.6 Å². The van der Waals surface area contributed by atoms with Crippen LogP contribution in [0.2, 0.25) is 5.02 Å². The molecule has 0 aliphatic heterocycles. The van der Waals surface area contributed by atoms with Crippen LogP contribution in [-0.4, -0.2) is 52.7 Å². The molecule has 2 amide bonds. The van der Waals surface area contributed by atoms with Crippen LogP contribution in [-0.2, 0) is 17.9 Å². The van der Waals surface area contributed by atoms with Gasteiger partial charge >= 0.3 is 0 Å². The van der Waals surface area contributed by atoms with Gasteiger partial charge in [-0.15, -0.1) is 5.10 Å². The quantitative estimate of drug-likeness (QED) is 0.604. The number of benzene rings is 2. The molecular weight excluding hydrogens is 425 g/mol. The van der Waals surface area contributed by atoms with Crippen molar-refractivity contribution in [1.82, 2.24) is 25.0 Å². The average Bonchev–Trinajstić information content (AvgIpc) is 3.17. The molecule has 0 atom stereocenters. The van der Waals surface area contributed by atoms with Gasteiger partial charge in [-0.1, -0.05) is 23.7 Å². The van der Waals surface area contributed by atoms with Crippen LogP contribution in [0.25, 0.3) is 11.4 Å². The maximum atomic E-state index is 13.8. The summed E-state index contributed by atoms with van der Waals surface area (Å²) in [5.74, 6) is -0.676. The Kier molecular flexibility index (Phi) is 6.86. The lowest BCUT2D eigenvalue weighted by molar-refractivity contribution is -0.122. The largest absolute Gasteiger partial charge is 0.497 e. The van der Waals surface area contributed by atoms with Crippen LogP contribution in [0.4, 0.5) is 4.39 Å². The summed E-state index contributed by atoms with van der Waals surface area (Å²) >= 11 is 5.73. The van der Waals surface area contributed by atoms with E-state index in [1.807, 2.05) is 18.2 Å². The fourth-order valence-corrected chi connectivity index (χ4v) is 2.86. The second-order valence-electron chi connectivity index (χ2n) is 6.87. The van der Waals surface area contributed by atoms with Gasteiger partial charge < -0.3 is 15.0 Å². The number of nitrogens with one attached hydrogen (secondary N) is 1. The molecule has 10 heteroatoms. The number of ether oxygens (including phenoxy) is 1. The zero-order valence-corrected chi connectivity index (χ0v) is 18.0. The molecule has 0 radical (unpaired) electrons. The lowest BCUT2D eigenvalue weighted by Crippen LogP contribution is -2.31. The van der Waals surface area contributed by atoms with Gasteiger partial charge in [-0.3, -0.25) is 9.59 Å². The van der Waals surface area contributed by atoms with E-state index in [0.717, 1.165) is 5.56 Å². The predicted molar refractivity (Wildman–Crippen MR) is 113 cm³/mol. The van der Waals surface area contributed by atoms with E-state index < -0.39 is 11.7 Å². The van der Waals surface area contributed by atoms with Crippen molar-refractivity contribution in [3.63, 3.8) is 0 Å². The highest BCUT2D eigenvalue weighted by molar-refractivity contribution is 6.30. The van der Waals surface area contributed by atoms with Crippen LogP contribution in [0.15, 0.2) is 42.5 Å². The summed E-state index contributed by atoms with van der Waals surface area (Å²) in [6.45, 7) is 0.0406. The molecule has 3 rings (SSSR count). The van der Waals surface area contributed by atoms with Crippen molar-refractivity contribution in [2.75, 3.05) is 21.2 Å². The van der Waals surface area contributed by atoms with Gasteiger partial charge in [0.05, 0.1) is 12.1 Å². The molecule has 0 fully saturated rings. The number of hydrogen-bond acceptors (Lipinski definition) is 5. The number of amides is 2. The van der Waals surface area contributed by atoms with E-state index in [-0.39, 0.29) is 35.7 Å². The first-order chi connectivity index (χ1) is 14.8. The molecule has 0 saturated heterocycles. The standard InChI is InChI=1S/C21H21ClFN5O3/c1-27(2)21(30)20-25-19(14-7-8-16(22)17(23)10-14)26-28(20)12-18(29)24-11-13-5-4-6-15(9-13)31-3/h4-10H,11-12H2,1-3H3,(H,24,29). The number of rotatable bonds is 7. The molecule has 2 aromatic carbocycles. The molecule has 8 nitrogen and oxygen atoms in total. The Bertz CT molecular complexity index is 1120. The Morgan fingerprint density at radius 3 is 2.68 bits per heavy atom. The summed E-state index contributed by atoms with van der Waals surface area (Å²) < 4.78 is 20.2. The molecule has 3 aromatic rings. The Hall–Kier alpha value is -3.46. The van der Waals surface area contributed by atoms with Crippen molar-refractivity contribution in [2.45, 2.75) is 13.1 Å². The van der Waals surface area contributed by atoms with Gasteiger partial charge in [0.1, 0.15) is 18.1 Å². The number of carbonyl (C=O) groups excluding carboxylic acids is 2. The topological polar surface area (TPSA) is 89.3 Å². The normalized spacial score (nSPS) is 10.6. The number of methoxy groups -OCH3 is 1. The predicted octanol–water partition coefficient (Wildman–Crippen LogP) is 2.76. The number of carbonyl (C=O) groups is 2. The van der Waals surface area contributed by atoms with Crippen LogP contribution in [0, 0.1) is 5.82 Å². The summed E-state index contributed by atoms with van der Waals surface area (Å²) in [6.07, 6.45) is 0. The van der Waals surface area contributed by atoms with Crippen molar-refractivity contribution in [3.8, 4) is 17.1 Å². The molecule has 31 heavy (non-hydrogen) atoms. The van der Waals surface area contributed by atoms with E-state index in [4.69, 9.17) is 16.3 Å². The van der Waals surface area contributed by atoms with Gasteiger partial charge in [0.15, 0.2) is 5.82 Å². The molecule has 0 spiro atoms. The molecule has 0 aliphatic carbocycles. The molecule has 162 valence electrons. The Morgan fingerprint density at radius 1 is 1.23 bits per heavy atom. The summed E-state index contributed by atoms with van der Waals surface area (Å²) in [5.41, 5.74) is 1.19. The summed E-state index contributed by atoms with van der Waals surface area (Å²) in [7, 11) is 4.69. The van der Waals surface area contributed by atoms with Crippen molar-refractivity contribution < 1.29 is 18.7 Å². The monoisotopic (exact) mass is 445 g/mol. The first-order valence-electron chi connectivity index (χ1n) is 9.30. The van der Waals surface area contributed by atoms with Crippen molar-refractivity contribution in [1.29, 1.82) is 0 Å². The van der Waals surface area contributed by atoms with Crippen molar-refractivity contribution in [2.24, 2.45) is 0 Å². The highest BCUT2D eigenvalue weighted by Gasteiger charge is 2.22. The summed E-state index contributed by atoms with van der Waals surface area (Å²) in [5, 5.41) is 6.98. The van der Waals surface area contributed by atoms with Crippen LogP contribution in [0.3, 0.4) is 0 Å². The first-order valence-corrected chi connectivity index (χ1v) is 9.68. The second kappa shape index (κ2) is 9.57. The third kappa shape index (κ3) is 5.37. The van der Waals surface area contributed by atoms with Gasteiger partial charge in [-0.2, -0.15) is 0 Å². The number of hydrogen-bond donors (Lipinski definition) is 1. The molecule has 1 heterocycles. The smallest absolute Gasteiger partial charge is 0.290 e. The van der Waals surface area contributed by atoms with Gasteiger partial charge in [-0.25, -0.2) is 14.1 Å². The lowest BCUT2D eigenvalue weighted by atomic mass is 10.2. The van der Waals surface area contributed by atoms with Crippen LogP contribution in [0.5, 0.6) is 5.75 Å². The van der Waals surface area contributed by atoms with Gasteiger partial charge in [0.2, 0.25) is 11.7 Å². The average molecular weight is 446 g/mol. The Morgan fingerprint density at radius 2 is 2.00 bits per heavy atom. The summed E-state index contributed by atoms with van der Waals surface area (Å²) in [4.78, 5) is 30.6. The Balaban J connectivity index is 1.81. The van der Waals surface area contributed by atoms with Crippen molar-refractivity contribution in [3.05, 3.63) is 64.7 Å². The van der Waals surface area contributed by atoms with Gasteiger partial charge in [-0.05, 0) is 35.9 Å². The molecule has 1 N–H and O–H groups in total. The van der Waals surface area contributed by atoms with Crippen LogP contribution < -0.4 is 10.1 Å². The zero-order chi connectivity index (χ0) is 22.5. The minimum Gasteiger partial charge on any atom is -0.497 e.